The van der Waals surface area contributed by atoms with Gasteiger partial charge in [-0.05, 0) is 29.3 Å². The standard InChI is InChI=1S/C15H13ClFNO/c1-18(10-19)9-11-2-4-12(5-3-11)14-7-6-13(16)8-15(14)17/h2-8,10H,9H2,1H3. The van der Waals surface area contributed by atoms with Crippen molar-refractivity contribution in [2.24, 2.45) is 0 Å². The SMILES string of the molecule is CN(C=O)Cc1ccc(-c2ccc(Cl)cc2F)cc1. The van der Waals surface area contributed by atoms with E-state index in [1.807, 2.05) is 24.3 Å². The summed E-state index contributed by atoms with van der Waals surface area (Å²) in [5.74, 6) is -0.342. The van der Waals surface area contributed by atoms with Gasteiger partial charge in [-0.3, -0.25) is 4.79 Å². The van der Waals surface area contributed by atoms with Crippen LogP contribution >= 0.6 is 11.6 Å². The van der Waals surface area contributed by atoms with Crippen LogP contribution < -0.4 is 0 Å². The lowest BCUT2D eigenvalue weighted by Gasteiger charge is -2.11. The number of benzene rings is 2. The fourth-order valence-electron chi connectivity index (χ4n) is 1.84. The normalized spacial score (nSPS) is 10.3. The number of hydrogen-bond donors (Lipinski definition) is 0. The molecule has 4 heteroatoms. The molecule has 0 atom stereocenters. The third-order valence-electron chi connectivity index (χ3n) is 2.81. The second kappa shape index (κ2) is 5.85. The molecule has 0 saturated carbocycles. The van der Waals surface area contributed by atoms with E-state index in [1.165, 1.54) is 11.0 Å². The van der Waals surface area contributed by atoms with Gasteiger partial charge in [-0.2, -0.15) is 0 Å². The average molecular weight is 278 g/mol. The predicted octanol–water partition coefficient (Wildman–Crippen LogP) is 3.73. The first-order chi connectivity index (χ1) is 9.10. The van der Waals surface area contributed by atoms with Crippen molar-refractivity contribution >= 4 is 18.0 Å². The zero-order valence-corrected chi connectivity index (χ0v) is 11.2. The van der Waals surface area contributed by atoms with E-state index in [9.17, 15) is 9.18 Å². The molecule has 2 nitrogen and oxygen atoms in total. The van der Waals surface area contributed by atoms with E-state index in [1.54, 1.807) is 19.2 Å². The molecular weight excluding hydrogens is 265 g/mol. The van der Waals surface area contributed by atoms with Gasteiger partial charge in [0.05, 0.1) is 0 Å². The molecule has 0 heterocycles. The van der Waals surface area contributed by atoms with E-state index in [-0.39, 0.29) is 5.82 Å². The summed E-state index contributed by atoms with van der Waals surface area (Å²) in [5.41, 5.74) is 2.29. The first-order valence-corrected chi connectivity index (χ1v) is 6.18. The van der Waals surface area contributed by atoms with Crippen LogP contribution in [0.2, 0.25) is 5.02 Å². The van der Waals surface area contributed by atoms with Crippen LogP contribution in [0.4, 0.5) is 4.39 Å². The lowest BCUT2D eigenvalue weighted by Crippen LogP contribution is -2.14. The maximum atomic E-state index is 13.8. The highest BCUT2D eigenvalue weighted by molar-refractivity contribution is 6.30. The van der Waals surface area contributed by atoms with Crippen molar-refractivity contribution in [1.29, 1.82) is 0 Å². The van der Waals surface area contributed by atoms with Gasteiger partial charge in [-0.25, -0.2) is 4.39 Å². The van der Waals surface area contributed by atoms with Crippen LogP contribution in [0.3, 0.4) is 0 Å². The Balaban J connectivity index is 2.24. The molecule has 2 aromatic carbocycles. The highest BCUT2D eigenvalue weighted by Gasteiger charge is 2.06. The van der Waals surface area contributed by atoms with Crippen molar-refractivity contribution in [1.82, 2.24) is 4.90 Å². The molecule has 0 bridgehead atoms. The number of halogens is 2. The zero-order valence-electron chi connectivity index (χ0n) is 10.4. The van der Waals surface area contributed by atoms with Crippen molar-refractivity contribution < 1.29 is 9.18 Å². The van der Waals surface area contributed by atoms with E-state index >= 15 is 0 Å². The lowest BCUT2D eigenvalue weighted by molar-refractivity contribution is -0.117. The van der Waals surface area contributed by atoms with Gasteiger partial charge < -0.3 is 4.90 Å². The van der Waals surface area contributed by atoms with Crippen molar-refractivity contribution in [2.75, 3.05) is 7.05 Å². The summed E-state index contributed by atoms with van der Waals surface area (Å²) in [4.78, 5) is 12.1. The molecule has 0 fully saturated rings. The summed E-state index contributed by atoms with van der Waals surface area (Å²) < 4.78 is 13.8. The topological polar surface area (TPSA) is 20.3 Å². The van der Waals surface area contributed by atoms with Crippen molar-refractivity contribution in [2.45, 2.75) is 6.54 Å². The molecule has 0 saturated heterocycles. The van der Waals surface area contributed by atoms with Gasteiger partial charge in [0, 0.05) is 24.2 Å². The third-order valence-corrected chi connectivity index (χ3v) is 3.04. The van der Waals surface area contributed by atoms with Gasteiger partial charge >= 0.3 is 0 Å². The van der Waals surface area contributed by atoms with E-state index in [0.717, 1.165) is 17.5 Å². The van der Waals surface area contributed by atoms with Crippen LogP contribution in [-0.4, -0.2) is 18.4 Å². The Kier molecular flexibility index (Phi) is 4.17. The van der Waals surface area contributed by atoms with Crippen molar-refractivity contribution in [3.8, 4) is 11.1 Å². The molecule has 0 unspecified atom stereocenters. The lowest BCUT2D eigenvalue weighted by atomic mass is 10.0. The van der Waals surface area contributed by atoms with Crippen LogP contribution in [0.5, 0.6) is 0 Å². The fraction of sp³-hybridized carbons (Fsp3) is 0.133. The molecule has 0 spiro atoms. The highest BCUT2D eigenvalue weighted by atomic mass is 35.5. The molecule has 2 aromatic rings. The van der Waals surface area contributed by atoms with E-state index in [2.05, 4.69) is 0 Å². The average Bonchev–Trinajstić information content (AvgIpc) is 2.40. The molecule has 19 heavy (non-hydrogen) atoms. The smallest absolute Gasteiger partial charge is 0.209 e. The molecular formula is C15H13ClFNO. The molecule has 0 aliphatic carbocycles. The molecule has 0 aliphatic rings. The van der Waals surface area contributed by atoms with Crippen molar-refractivity contribution in [3.63, 3.8) is 0 Å². The molecule has 0 radical (unpaired) electrons. The summed E-state index contributed by atoms with van der Waals surface area (Å²) in [5, 5.41) is 0.380. The van der Waals surface area contributed by atoms with Crippen LogP contribution in [0, 0.1) is 5.82 Å². The second-order valence-electron chi connectivity index (χ2n) is 4.34. The summed E-state index contributed by atoms with van der Waals surface area (Å²) >= 11 is 5.72. The molecule has 2 rings (SSSR count). The predicted molar refractivity (Wildman–Crippen MR) is 74.4 cm³/mol. The first kappa shape index (κ1) is 13.6. The Morgan fingerprint density at radius 1 is 1.21 bits per heavy atom. The fourth-order valence-corrected chi connectivity index (χ4v) is 2.00. The molecule has 98 valence electrons. The minimum absolute atomic E-state index is 0.342. The van der Waals surface area contributed by atoms with Crippen LogP contribution in [0.1, 0.15) is 5.56 Å². The van der Waals surface area contributed by atoms with Gasteiger partial charge in [-0.1, -0.05) is 35.9 Å². The Labute approximate surface area is 116 Å². The Bertz CT molecular complexity index is 583. The highest BCUT2D eigenvalue weighted by Crippen LogP contribution is 2.25. The quantitative estimate of drug-likeness (QED) is 0.780. The minimum atomic E-state index is -0.342. The number of carbonyl (C=O) groups excluding carboxylic acids is 1. The van der Waals surface area contributed by atoms with Crippen LogP contribution in [0.25, 0.3) is 11.1 Å². The molecule has 0 aromatic heterocycles. The van der Waals surface area contributed by atoms with Gasteiger partial charge in [0.2, 0.25) is 6.41 Å². The molecule has 0 aliphatic heterocycles. The number of amides is 1. The number of nitrogens with zero attached hydrogens (tertiary/aromatic N) is 1. The molecule has 0 N–H and O–H groups in total. The Morgan fingerprint density at radius 2 is 1.89 bits per heavy atom. The number of carbonyl (C=O) groups is 1. The molecule has 1 amide bonds. The van der Waals surface area contributed by atoms with Gasteiger partial charge in [0.25, 0.3) is 0 Å². The second-order valence-corrected chi connectivity index (χ2v) is 4.78. The monoisotopic (exact) mass is 277 g/mol. The van der Waals surface area contributed by atoms with E-state index in [4.69, 9.17) is 11.6 Å². The number of rotatable bonds is 4. The van der Waals surface area contributed by atoms with E-state index < -0.39 is 0 Å². The van der Waals surface area contributed by atoms with Crippen LogP contribution in [0.15, 0.2) is 42.5 Å². The summed E-state index contributed by atoms with van der Waals surface area (Å²) in [6.45, 7) is 0.535. The van der Waals surface area contributed by atoms with E-state index in [0.29, 0.717) is 17.1 Å². The third kappa shape index (κ3) is 3.32. The van der Waals surface area contributed by atoms with Gasteiger partial charge in [-0.15, -0.1) is 0 Å². The largest absolute Gasteiger partial charge is 0.344 e. The maximum absolute atomic E-state index is 13.8. The Hall–Kier alpha value is -1.87. The van der Waals surface area contributed by atoms with Crippen LogP contribution in [-0.2, 0) is 11.3 Å². The minimum Gasteiger partial charge on any atom is -0.344 e. The van der Waals surface area contributed by atoms with Gasteiger partial charge in [0.1, 0.15) is 5.82 Å². The van der Waals surface area contributed by atoms with Crippen molar-refractivity contribution in [3.05, 3.63) is 58.9 Å². The van der Waals surface area contributed by atoms with Gasteiger partial charge in [0.15, 0.2) is 0 Å². The summed E-state index contributed by atoms with van der Waals surface area (Å²) in [7, 11) is 1.71. The first-order valence-electron chi connectivity index (χ1n) is 5.80. The Morgan fingerprint density at radius 3 is 2.47 bits per heavy atom. The zero-order chi connectivity index (χ0) is 13.8. The maximum Gasteiger partial charge on any atom is 0.209 e. The number of hydrogen-bond acceptors (Lipinski definition) is 1. The summed E-state index contributed by atoms with van der Waals surface area (Å²) in [6.07, 6.45) is 0.771. The summed E-state index contributed by atoms with van der Waals surface area (Å²) in [6, 6.07) is 12.0.